The Kier molecular flexibility index (Phi) is 7.69. The molecule has 5 heterocycles. The Hall–Kier alpha value is -3.71. The first-order valence-electron chi connectivity index (χ1n) is 13.2. The molecular weight excluding hydrogens is 532 g/mol. The third kappa shape index (κ3) is 5.89. The minimum Gasteiger partial charge on any atom is -0.492 e. The summed E-state index contributed by atoms with van der Waals surface area (Å²) in [6.45, 7) is 7.67. The molecule has 1 aliphatic rings. The van der Waals surface area contributed by atoms with E-state index in [4.69, 9.17) is 14.5 Å². The molecule has 0 unspecified atom stereocenters. The number of sulfonamides is 1. The summed E-state index contributed by atoms with van der Waals surface area (Å²) in [5.41, 5.74) is 5.70. The Labute approximate surface area is 234 Å². The maximum absolute atomic E-state index is 11.9. The van der Waals surface area contributed by atoms with Gasteiger partial charge in [-0.2, -0.15) is 10.2 Å². The molecule has 0 bridgehead atoms. The highest BCUT2D eigenvalue weighted by atomic mass is 32.2. The highest BCUT2D eigenvalue weighted by molar-refractivity contribution is 7.92. The SMILES string of the molecule is COc1ncc(-c2cc(OC[C@@H]3CCCN(Cc4c(C)nn(C)c4C)C3)c3cnn(C)c3n2)cc1NS(C)(=O)=O. The van der Waals surface area contributed by atoms with Gasteiger partial charge in [-0.3, -0.25) is 19.0 Å². The van der Waals surface area contributed by atoms with Gasteiger partial charge in [0.15, 0.2) is 5.65 Å². The largest absolute Gasteiger partial charge is 0.492 e. The fourth-order valence-electron chi connectivity index (χ4n) is 5.29. The van der Waals surface area contributed by atoms with Crippen LogP contribution in [0.25, 0.3) is 22.3 Å². The summed E-state index contributed by atoms with van der Waals surface area (Å²) in [5.74, 6) is 1.23. The quantitative estimate of drug-likeness (QED) is 0.324. The summed E-state index contributed by atoms with van der Waals surface area (Å²) in [5, 5.41) is 9.78. The predicted octanol–water partition coefficient (Wildman–Crippen LogP) is 3.05. The van der Waals surface area contributed by atoms with Crippen LogP contribution in [0.4, 0.5) is 5.69 Å². The van der Waals surface area contributed by atoms with E-state index >= 15 is 0 Å². The number of rotatable bonds is 9. The molecule has 0 amide bonds. The number of anilines is 1. The summed E-state index contributed by atoms with van der Waals surface area (Å²) in [6.07, 6.45) is 6.65. The van der Waals surface area contributed by atoms with E-state index < -0.39 is 10.0 Å². The van der Waals surface area contributed by atoms with E-state index in [2.05, 4.69) is 38.7 Å². The number of aromatic nitrogens is 6. The number of pyridine rings is 2. The van der Waals surface area contributed by atoms with E-state index in [9.17, 15) is 8.42 Å². The van der Waals surface area contributed by atoms with Crippen molar-refractivity contribution in [2.24, 2.45) is 20.0 Å². The van der Waals surface area contributed by atoms with Crippen molar-refractivity contribution in [1.29, 1.82) is 0 Å². The Morgan fingerprint density at radius 3 is 2.65 bits per heavy atom. The van der Waals surface area contributed by atoms with Crippen molar-refractivity contribution in [2.75, 3.05) is 37.8 Å². The average Bonchev–Trinajstić information content (AvgIpc) is 3.40. The average molecular weight is 569 g/mol. The fourth-order valence-corrected chi connectivity index (χ4v) is 5.84. The van der Waals surface area contributed by atoms with Gasteiger partial charge in [0.25, 0.3) is 0 Å². The molecule has 1 fully saturated rings. The summed E-state index contributed by atoms with van der Waals surface area (Å²) in [4.78, 5) is 11.6. The number of piperidine rings is 1. The van der Waals surface area contributed by atoms with Gasteiger partial charge in [-0.05, 0) is 39.3 Å². The lowest BCUT2D eigenvalue weighted by Crippen LogP contribution is -2.37. The normalized spacial score (nSPS) is 16.4. The maximum atomic E-state index is 11.9. The van der Waals surface area contributed by atoms with E-state index in [1.807, 2.05) is 24.8 Å². The third-order valence-corrected chi connectivity index (χ3v) is 8.01. The van der Waals surface area contributed by atoms with E-state index in [0.29, 0.717) is 35.2 Å². The van der Waals surface area contributed by atoms with Gasteiger partial charge in [0.1, 0.15) is 11.4 Å². The van der Waals surface area contributed by atoms with Crippen molar-refractivity contribution in [3.05, 3.63) is 41.5 Å². The van der Waals surface area contributed by atoms with Crippen LogP contribution in [-0.2, 0) is 30.7 Å². The third-order valence-electron chi connectivity index (χ3n) is 7.42. The highest BCUT2D eigenvalue weighted by Gasteiger charge is 2.24. The first-order chi connectivity index (χ1) is 19.0. The molecule has 1 saturated heterocycles. The lowest BCUT2D eigenvalue weighted by atomic mass is 9.98. The number of nitrogens with one attached hydrogen (secondary N) is 1. The zero-order valence-electron chi connectivity index (χ0n) is 23.8. The summed E-state index contributed by atoms with van der Waals surface area (Å²) >= 11 is 0. The van der Waals surface area contributed by atoms with Gasteiger partial charge in [-0.1, -0.05) is 0 Å². The number of hydrogen-bond acceptors (Lipinski definition) is 9. The second kappa shape index (κ2) is 11.0. The van der Waals surface area contributed by atoms with Crippen molar-refractivity contribution >= 4 is 26.7 Å². The molecule has 12 nitrogen and oxygen atoms in total. The van der Waals surface area contributed by atoms with Crippen molar-refractivity contribution in [3.8, 4) is 22.9 Å². The Bertz CT molecular complexity index is 1650. The van der Waals surface area contributed by atoms with Crippen molar-refractivity contribution < 1.29 is 17.9 Å². The summed E-state index contributed by atoms with van der Waals surface area (Å²) in [6, 6.07) is 3.52. The van der Waals surface area contributed by atoms with Crippen LogP contribution in [0.3, 0.4) is 0 Å². The monoisotopic (exact) mass is 568 g/mol. The number of methoxy groups -OCH3 is 1. The standard InChI is InChI=1S/C27H36N8O4S/c1-17-22(18(2)33(3)31-17)15-35-9-7-8-19(14-35)16-39-25-11-23(30-26-21(25)13-29-34(26)4)20-10-24(32-40(6,36)37)27(38-5)28-12-20/h10-13,19,32H,7-9,14-16H2,1-6H3/t19-/m1/s1. The van der Waals surface area contributed by atoms with Crippen molar-refractivity contribution in [3.63, 3.8) is 0 Å². The van der Waals surface area contributed by atoms with Crippen LogP contribution < -0.4 is 14.2 Å². The lowest BCUT2D eigenvalue weighted by Gasteiger charge is -2.32. The lowest BCUT2D eigenvalue weighted by molar-refractivity contribution is 0.125. The van der Waals surface area contributed by atoms with Crippen molar-refractivity contribution in [2.45, 2.75) is 33.2 Å². The number of ether oxygens (including phenoxy) is 2. The first-order valence-corrected chi connectivity index (χ1v) is 15.1. The molecule has 0 aliphatic carbocycles. The molecule has 13 heteroatoms. The van der Waals surface area contributed by atoms with Gasteiger partial charge in [0, 0.05) is 62.2 Å². The predicted molar refractivity (Wildman–Crippen MR) is 153 cm³/mol. The molecular formula is C27H36N8O4S. The van der Waals surface area contributed by atoms with Crippen LogP contribution in [0.1, 0.15) is 29.8 Å². The first kappa shape index (κ1) is 27.8. The second-order valence-corrected chi connectivity index (χ2v) is 12.2. The molecule has 5 rings (SSSR count). The Morgan fingerprint density at radius 2 is 1.95 bits per heavy atom. The van der Waals surface area contributed by atoms with Gasteiger partial charge in [0.2, 0.25) is 15.9 Å². The second-order valence-electron chi connectivity index (χ2n) is 10.5. The molecule has 1 N–H and O–H groups in total. The van der Waals surface area contributed by atoms with Crippen LogP contribution >= 0.6 is 0 Å². The molecule has 1 atom stereocenters. The Balaban J connectivity index is 1.37. The van der Waals surface area contributed by atoms with E-state index in [1.54, 1.807) is 23.1 Å². The molecule has 214 valence electrons. The number of aryl methyl sites for hydroxylation is 3. The zero-order chi connectivity index (χ0) is 28.6. The molecule has 0 aromatic carbocycles. The molecule has 0 spiro atoms. The Morgan fingerprint density at radius 1 is 1.15 bits per heavy atom. The molecule has 1 aliphatic heterocycles. The van der Waals surface area contributed by atoms with Crippen LogP contribution in [0.5, 0.6) is 11.6 Å². The minimum absolute atomic E-state index is 0.172. The van der Waals surface area contributed by atoms with E-state index in [0.717, 1.165) is 49.8 Å². The van der Waals surface area contributed by atoms with Crippen LogP contribution in [0.2, 0.25) is 0 Å². The van der Waals surface area contributed by atoms with Gasteiger partial charge in [0.05, 0.1) is 42.9 Å². The molecule has 4 aromatic heterocycles. The van der Waals surface area contributed by atoms with Gasteiger partial charge in [-0.15, -0.1) is 0 Å². The molecule has 40 heavy (non-hydrogen) atoms. The number of likely N-dealkylation sites (tertiary alicyclic amines) is 1. The fraction of sp³-hybridized carbons (Fsp3) is 0.481. The number of nitrogens with zero attached hydrogens (tertiary/aromatic N) is 7. The summed E-state index contributed by atoms with van der Waals surface area (Å²) < 4.78 is 41.6. The molecule has 0 saturated carbocycles. The molecule has 4 aromatic rings. The van der Waals surface area contributed by atoms with Crippen LogP contribution in [0.15, 0.2) is 24.5 Å². The number of fused-ring (bicyclic) bond motifs is 1. The smallest absolute Gasteiger partial charge is 0.238 e. The highest BCUT2D eigenvalue weighted by Crippen LogP contribution is 2.33. The van der Waals surface area contributed by atoms with Gasteiger partial charge < -0.3 is 9.47 Å². The number of hydrogen-bond donors (Lipinski definition) is 1. The minimum atomic E-state index is -3.54. The van der Waals surface area contributed by atoms with Crippen molar-refractivity contribution in [1.82, 2.24) is 34.4 Å². The summed E-state index contributed by atoms with van der Waals surface area (Å²) in [7, 11) is 1.72. The van der Waals surface area contributed by atoms with Crippen LogP contribution in [0, 0.1) is 19.8 Å². The van der Waals surface area contributed by atoms with Gasteiger partial charge in [-0.25, -0.2) is 18.4 Å². The van der Waals surface area contributed by atoms with E-state index in [1.165, 1.54) is 18.4 Å². The maximum Gasteiger partial charge on any atom is 0.238 e. The van der Waals surface area contributed by atoms with Gasteiger partial charge >= 0.3 is 0 Å². The zero-order valence-corrected chi connectivity index (χ0v) is 24.6. The molecule has 0 radical (unpaired) electrons. The van der Waals surface area contributed by atoms with Crippen LogP contribution in [-0.4, -0.2) is 75.9 Å². The topological polar surface area (TPSA) is 129 Å². The van der Waals surface area contributed by atoms with E-state index in [-0.39, 0.29) is 11.6 Å².